The number of ketones is 1. The van der Waals surface area contributed by atoms with Crippen LogP contribution in [0.2, 0.25) is 0 Å². The van der Waals surface area contributed by atoms with E-state index in [1.54, 1.807) is 0 Å². The molecule has 2 heteroatoms. The van der Waals surface area contributed by atoms with Crippen molar-refractivity contribution in [2.24, 2.45) is 11.3 Å². The van der Waals surface area contributed by atoms with Crippen LogP contribution < -0.4 is 0 Å². The van der Waals surface area contributed by atoms with Gasteiger partial charge >= 0.3 is 0 Å². The Labute approximate surface area is 218 Å². The minimum absolute atomic E-state index is 0.0588. The van der Waals surface area contributed by atoms with Gasteiger partial charge in [0.15, 0.2) is 5.76 Å². The number of rotatable bonds is 9. The number of allylic oxidation sites excluding steroid dienone is 8. The van der Waals surface area contributed by atoms with Gasteiger partial charge in [-0.25, -0.2) is 0 Å². The first-order valence-electron chi connectivity index (χ1n) is 13.3. The molecule has 2 aromatic rings. The third-order valence-electron chi connectivity index (χ3n) is 7.18. The van der Waals surface area contributed by atoms with E-state index in [0.717, 1.165) is 42.4 Å². The van der Waals surface area contributed by atoms with Crippen molar-refractivity contribution in [2.75, 3.05) is 0 Å². The molecule has 0 fully saturated rings. The zero-order valence-electron chi connectivity index (χ0n) is 22.7. The Morgan fingerprint density at radius 1 is 0.889 bits per heavy atom. The molecule has 0 saturated carbocycles. The van der Waals surface area contributed by atoms with Gasteiger partial charge in [0.2, 0.25) is 5.78 Å². The van der Waals surface area contributed by atoms with Gasteiger partial charge in [-0.15, -0.1) is 0 Å². The van der Waals surface area contributed by atoms with Crippen LogP contribution in [-0.2, 0) is 17.6 Å². The number of benzene rings is 2. The van der Waals surface area contributed by atoms with Crippen molar-refractivity contribution >= 4 is 5.78 Å². The summed E-state index contributed by atoms with van der Waals surface area (Å²) < 4.78 is 0. The average Bonchev–Trinajstić information content (AvgIpc) is 2.85. The molecule has 1 aliphatic carbocycles. The largest absolute Gasteiger partial charge is 0.504 e. The van der Waals surface area contributed by atoms with Crippen LogP contribution in [0.5, 0.6) is 0 Å². The lowest BCUT2D eigenvalue weighted by Gasteiger charge is -2.29. The Balaban J connectivity index is 2.04. The fourth-order valence-electron chi connectivity index (χ4n) is 4.99. The van der Waals surface area contributed by atoms with Gasteiger partial charge < -0.3 is 5.11 Å². The maximum absolute atomic E-state index is 13.6. The zero-order chi connectivity index (χ0) is 26.1. The summed E-state index contributed by atoms with van der Waals surface area (Å²) in [7, 11) is 0. The highest BCUT2D eigenvalue weighted by Gasteiger charge is 2.33. The molecule has 0 heterocycles. The van der Waals surface area contributed by atoms with Gasteiger partial charge in [0, 0.05) is 17.9 Å². The number of Topliss-reactive ketones (excluding diaryl/α,β-unsaturated/α-hetero) is 1. The summed E-state index contributed by atoms with van der Waals surface area (Å²) in [4.78, 5) is 13.6. The van der Waals surface area contributed by atoms with Crippen molar-refractivity contribution < 1.29 is 9.90 Å². The Kier molecular flexibility index (Phi) is 9.70. The predicted molar refractivity (Wildman–Crippen MR) is 152 cm³/mol. The molecule has 0 bridgehead atoms. The second-order valence-corrected chi connectivity index (χ2v) is 11.1. The molecule has 0 aromatic heterocycles. The van der Waals surface area contributed by atoms with Crippen molar-refractivity contribution in [2.45, 2.75) is 73.1 Å². The van der Waals surface area contributed by atoms with Crippen molar-refractivity contribution in [3.8, 4) is 0 Å². The number of carbonyl (C=O) groups excluding carboxylic acids is 1. The first-order chi connectivity index (χ1) is 17.2. The van der Waals surface area contributed by atoms with Gasteiger partial charge in [0.25, 0.3) is 0 Å². The fourth-order valence-corrected chi connectivity index (χ4v) is 4.99. The van der Waals surface area contributed by atoms with E-state index in [4.69, 9.17) is 0 Å². The van der Waals surface area contributed by atoms with Gasteiger partial charge in [0.05, 0.1) is 0 Å². The van der Waals surface area contributed by atoms with Gasteiger partial charge in [-0.2, -0.15) is 0 Å². The molecule has 1 atom stereocenters. The summed E-state index contributed by atoms with van der Waals surface area (Å²) in [5, 5.41) is 11.5. The van der Waals surface area contributed by atoms with E-state index in [-0.39, 0.29) is 22.9 Å². The lowest BCUT2D eigenvalue weighted by molar-refractivity contribution is -0.125. The van der Waals surface area contributed by atoms with Crippen molar-refractivity contribution in [1.82, 2.24) is 0 Å². The molecule has 2 nitrogen and oxygen atoms in total. The number of carbonyl (C=O) groups is 1. The van der Waals surface area contributed by atoms with Crippen LogP contribution in [-0.4, -0.2) is 10.9 Å². The fraction of sp³-hybridized carbons (Fsp3) is 0.382. The molecular weight excluding hydrogens is 440 g/mol. The molecule has 0 saturated heterocycles. The van der Waals surface area contributed by atoms with E-state index >= 15 is 0 Å². The highest BCUT2D eigenvalue weighted by Crippen LogP contribution is 2.34. The quantitative estimate of drug-likeness (QED) is 0.286. The van der Waals surface area contributed by atoms with E-state index in [1.807, 2.05) is 31.2 Å². The summed E-state index contributed by atoms with van der Waals surface area (Å²) in [5.41, 5.74) is 6.57. The van der Waals surface area contributed by atoms with Crippen molar-refractivity contribution in [1.29, 1.82) is 0 Å². The standard InChI is InChI=1S/C34H42O2/c1-6-31(34(3,4)5)33(36)32(35)30(24-27-15-11-8-12-16-27)29-22-18-25(2)17-19-28(23-29)21-20-26-13-9-7-10-14-26/h7-17,19,23,31,35H,6,18,20-22,24H2,1-5H3/b25-17+,28-19-,29-23+,32-30-. The van der Waals surface area contributed by atoms with E-state index in [9.17, 15) is 9.90 Å². The van der Waals surface area contributed by atoms with Crippen LogP contribution in [0.25, 0.3) is 0 Å². The number of hydrogen-bond acceptors (Lipinski definition) is 2. The lowest BCUT2D eigenvalue weighted by atomic mass is 9.75. The van der Waals surface area contributed by atoms with E-state index in [2.05, 4.69) is 82.3 Å². The Morgan fingerprint density at radius 2 is 1.50 bits per heavy atom. The van der Waals surface area contributed by atoms with E-state index < -0.39 is 0 Å². The molecule has 1 unspecified atom stereocenters. The molecule has 0 spiro atoms. The van der Waals surface area contributed by atoms with Crippen molar-refractivity contribution in [3.05, 3.63) is 118 Å². The SMILES string of the molecule is CCC(C(=O)/C(O)=C(Cc1ccccc1)/C1=C/C(CCc2ccccc2)=C\C=C(/C)CC1)C(C)(C)C. The first-order valence-corrected chi connectivity index (χ1v) is 13.3. The molecule has 2 aromatic carbocycles. The molecule has 190 valence electrons. The maximum Gasteiger partial charge on any atom is 0.200 e. The van der Waals surface area contributed by atoms with Crippen LogP contribution in [0.1, 0.15) is 71.4 Å². The van der Waals surface area contributed by atoms with Gasteiger partial charge in [-0.3, -0.25) is 4.79 Å². The molecular formula is C34H42O2. The Bertz CT molecular complexity index is 1140. The van der Waals surface area contributed by atoms with Crippen molar-refractivity contribution in [3.63, 3.8) is 0 Å². The third kappa shape index (κ3) is 7.68. The highest BCUT2D eigenvalue weighted by atomic mass is 16.3. The minimum atomic E-state index is -0.229. The second kappa shape index (κ2) is 12.7. The Hall–Kier alpha value is -3.13. The maximum atomic E-state index is 13.6. The normalized spacial score (nSPS) is 20.4. The van der Waals surface area contributed by atoms with Gasteiger partial charge in [-0.05, 0) is 66.7 Å². The molecule has 0 radical (unpaired) electrons. The van der Waals surface area contributed by atoms with Crippen LogP contribution in [0, 0.1) is 11.3 Å². The average molecular weight is 483 g/mol. The summed E-state index contributed by atoms with van der Waals surface area (Å²) in [6, 6.07) is 20.7. The van der Waals surface area contributed by atoms with Crippen LogP contribution in [0.4, 0.5) is 0 Å². The molecule has 1 N–H and O–H groups in total. The first kappa shape index (κ1) is 27.5. The molecule has 36 heavy (non-hydrogen) atoms. The molecule has 0 aliphatic heterocycles. The Morgan fingerprint density at radius 3 is 2.08 bits per heavy atom. The third-order valence-corrected chi connectivity index (χ3v) is 7.18. The highest BCUT2D eigenvalue weighted by molar-refractivity contribution is 5.96. The van der Waals surface area contributed by atoms with Gasteiger partial charge in [0.1, 0.15) is 0 Å². The smallest absolute Gasteiger partial charge is 0.200 e. The molecule has 1 aliphatic rings. The second-order valence-electron chi connectivity index (χ2n) is 11.1. The molecule has 0 amide bonds. The van der Waals surface area contributed by atoms with E-state index in [1.165, 1.54) is 16.7 Å². The predicted octanol–water partition coefficient (Wildman–Crippen LogP) is 8.91. The zero-order valence-corrected chi connectivity index (χ0v) is 22.7. The lowest BCUT2D eigenvalue weighted by Crippen LogP contribution is -2.30. The van der Waals surface area contributed by atoms with Gasteiger partial charge in [-0.1, -0.05) is 112 Å². The molecule has 3 rings (SSSR count). The summed E-state index contributed by atoms with van der Waals surface area (Å²) in [5.74, 6) is -0.426. The summed E-state index contributed by atoms with van der Waals surface area (Å²) in [6.07, 6.45) is 11.5. The van der Waals surface area contributed by atoms with Crippen LogP contribution >= 0.6 is 0 Å². The number of aliphatic hydroxyl groups is 1. The van der Waals surface area contributed by atoms with Crippen LogP contribution in [0.15, 0.2) is 107 Å². The monoisotopic (exact) mass is 482 g/mol. The minimum Gasteiger partial charge on any atom is -0.504 e. The number of hydrogen-bond donors (Lipinski definition) is 1. The topological polar surface area (TPSA) is 37.3 Å². The summed E-state index contributed by atoms with van der Waals surface area (Å²) >= 11 is 0. The van der Waals surface area contributed by atoms with E-state index in [0.29, 0.717) is 12.8 Å². The number of aryl methyl sites for hydroxylation is 1. The number of aliphatic hydroxyl groups excluding tert-OH is 1. The summed E-state index contributed by atoms with van der Waals surface area (Å²) in [6.45, 7) is 10.4. The van der Waals surface area contributed by atoms with Crippen LogP contribution in [0.3, 0.4) is 0 Å².